The van der Waals surface area contributed by atoms with Crippen molar-refractivity contribution in [1.29, 1.82) is 0 Å². The number of hydrogen-bond acceptors (Lipinski definition) is 2. The predicted molar refractivity (Wildman–Crippen MR) is 105 cm³/mol. The van der Waals surface area contributed by atoms with E-state index in [9.17, 15) is 0 Å². The summed E-state index contributed by atoms with van der Waals surface area (Å²) in [4.78, 5) is 0. The van der Waals surface area contributed by atoms with Crippen LogP contribution in [-0.4, -0.2) is 33.5 Å². The highest BCUT2D eigenvalue weighted by Crippen LogP contribution is 2.67. The molecule has 5 atom stereocenters. The molecule has 4 unspecified atom stereocenters. The van der Waals surface area contributed by atoms with Gasteiger partial charge in [0, 0.05) is 0 Å². The van der Waals surface area contributed by atoms with Crippen LogP contribution in [0.1, 0.15) is 74.1 Å². The third-order valence-corrected chi connectivity index (χ3v) is 9.99. The van der Waals surface area contributed by atoms with Crippen molar-refractivity contribution >= 4 is 7.92 Å². The molecule has 2 aliphatic heterocycles. The van der Waals surface area contributed by atoms with Crippen LogP contribution in [0.4, 0.5) is 0 Å². The van der Waals surface area contributed by atoms with Crippen LogP contribution in [0.2, 0.25) is 0 Å². The van der Waals surface area contributed by atoms with Crippen LogP contribution in [-0.2, 0) is 0 Å². The van der Waals surface area contributed by atoms with Crippen molar-refractivity contribution in [2.24, 2.45) is 17.8 Å². The summed E-state index contributed by atoms with van der Waals surface area (Å²) in [6.07, 6.45) is 7.88. The minimum Gasteiger partial charge on any atom is -0.368 e. The zero-order valence-corrected chi connectivity index (χ0v) is 17.4. The van der Waals surface area contributed by atoms with Gasteiger partial charge in [-0.15, -0.1) is 6.58 Å². The van der Waals surface area contributed by atoms with Gasteiger partial charge in [0.1, 0.15) is 6.29 Å². The Morgan fingerprint density at radius 1 is 1.13 bits per heavy atom. The molecule has 2 rings (SSSR count). The van der Waals surface area contributed by atoms with Gasteiger partial charge in [-0.25, -0.2) is 0 Å². The quantitative estimate of drug-likeness (QED) is 0.368. The van der Waals surface area contributed by atoms with E-state index in [-0.39, 0.29) is 0 Å². The molecule has 2 aliphatic rings. The second kappa shape index (κ2) is 10.9. The van der Waals surface area contributed by atoms with Crippen LogP contribution < -0.4 is 0 Å². The Morgan fingerprint density at radius 2 is 1.61 bits per heavy atom. The Morgan fingerprint density at radius 3 is 2.04 bits per heavy atom. The molecule has 0 aromatic rings. The summed E-state index contributed by atoms with van der Waals surface area (Å²) < 4.78 is 0. The monoisotopic (exact) mass is 344 g/mol. The lowest BCUT2D eigenvalue weighted by Crippen LogP contribution is -2.31. The van der Waals surface area contributed by atoms with Crippen LogP contribution in [0.5, 0.6) is 0 Å². The van der Waals surface area contributed by atoms with Gasteiger partial charge in [-0.2, -0.15) is 0 Å². The van der Waals surface area contributed by atoms with E-state index >= 15 is 0 Å². The number of hydrogen-bond donors (Lipinski definition) is 2. The Bertz CT molecular complexity index is 325. The maximum absolute atomic E-state index is 7.61. The molecule has 0 radical (unpaired) electrons. The molecule has 2 fully saturated rings. The Kier molecular flexibility index (Phi) is 10.9. The summed E-state index contributed by atoms with van der Waals surface area (Å²) in [6, 6.07) is 0. The number of allylic oxidation sites excluding steroid dienone is 1. The van der Waals surface area contributed by atoms with E-state index in [0.717, 1.165) is 29.8 Å². The minimum atomic E-state index is -1.17. The lowest BCUT2D eigenvalue weighted by atomic mass is 9.82. The number of rotatable bonds is 1. The maximum Gasteiger partial charge on any atom is 0.148 e. The molecule has 0 aromatic heterocycles. The average Bonchev–Trinajstić information content (AvgIpc) is 2.81. The van der Waals surface area contributed by atoms with Gasteiger partial charge < -0.3 is 10.2 Å². The standard InChI is InChI=1S/C14H27P.C4H8.C2H6O2/c1-10-6-7-13-11(2)8-9-15(13)14(4,5)12(10)3;1-3-4-2;1-2(3)4/h10-13H,6-9H2,1-5H3;3H,1,4H2,2H3;2-4H,1H3/t10?,11?,12-,13?,15?;;/m0../s1. The van der Waals surface area contributed by atoms with Crippen molar-refractivity contribution in [3.63, 3.8) is 0 Å². The molecule has 0 spiro atoms. The number of fused-ring (bicyclic) bond motifs is 1. The highest BCUT2D eigenvalue weighted by atomic mass is 31.1. The maximum atomic E-state index is 7.61. The van der Waals surface area contributed by atoms with Crippen LogP contribution in [0.15, 0.2) is 12.7 Å². The van der Waals surface area contributed by atoms with E-state index in [0.29, 0.717) is 13.1 Å². The first kappa shape index (κ1) is 23.1. The summed E-state index contributed by atoms with van der Waals surface area (Å²) in [5.74, 6) is 2.90. The van der Waals surface area contributed by atoms with E-state index in [1.807, 2.05) is 6.08 Å². The van der Waals surface area contributed by atoms with Gasteiger partial charge in [0.25, 0.3) is 0 Å². The van der Waals surface area contributed by atoms with Gasteiger partial charge in [0.2, 0.25) is 0 Å². The zero-order chi connectivity index (χ0) is 18.2. The van der Waals surface area contributed by atoms with E-state index in [1.54, 1.807) is 6.16 Å². The van der Waals surface area contributed by atoms with Crippen LogP contribution in [0.25, 0.3) is 0 Å². The van der Waals surface area contributed by atoms with Crippen LogP contribution >= 0.6 is 7.92 Å². The topological polar surface area (TPSA) is 40.5 Å². The molecule has 0 amide bonds. The van der Waals surface area contributed by atoms with Crippen molar-refractivity contribution in [3.05, 3.63) is 12.7 Å². The zero-order valence-electron chi connectivity index (χ0n) is 16.5. The first-order chi connectivity index (χ1) is 10.6. The highest BCUT2D eigenvalue weighted by Gasteiger charge is 2.47. The fourth-order valence-electron chi connectivity index (χ4n) is 3.81. The van der Waals surface area contributed by atoms with Gasteiger partial charge >= 0.3 is 0 Å². The molecule has 0 saturated carbocycles. The Hall–Kier alpha value is 0.0900. The Labute approximate surface area is 146 Å². The van der Waals surface area contributed by atoms with Gasteiger partial charge in [-0.05, 0) is 67.3 Å². The SMILES string of the molecule is C=CCC.CC(O)O.CC1CCP2C1CCC(C)[C@H](C)C2(C)C. The van der Waals surface area contributed by atoms with Crippen molar-refractivity contribution in [2.45, 2.75) is 91.3 Å². The van der Waals surface area contributed by atoms with Crippen molar-refractivity contribution in [3.8, 4) is 0 Å². The molecule has 2 heterocycles. The summed E-state index contributed by atoms with van der Waals surface area (Å²) in [7, 11) is 0.305. The third kappa shape index (κ3) is 7.24. The molecule has 2 N–H and O–H groups in total. The second-order valence-corrected chi connectivity index (χ2v) is 11.1. The average molecular weight is 345 g/mol. The summed E-state index contributed by atoms with van der Waals surface area (Å²) in [5.41, 5.74) is 1.10. The highest BCUT2D eigenvalue weighted by molar-refractivity contribution is 7.60. The first-order valence-corrected chi connectivity index (χ1v) is 10.9. The van der Waals surface area contributed by atoms with E-state index in [4.69, 9.17) is 10.2 Å². The fraction of sp³-hybridized carbons (Fsp3) is 0.900. The molecule has 0 aliphatic carbocycles. The van der Waals surface area contributed by atoms with Crippen molar-refractivity contribution < 1.29 is 10.2 Å². The Balaban J connectivity index is 0.000000509. The molecule has 3 heteroatoms. The summed E-state index contributed by atoms with van der Waals surface area (Å²) >= 11 is 0. The third-order valence-electron chi connectivity index (χ3n) is 5.80. The summed E-state index contributed by atoms with van der Waals surface area (Å²) in [5, 5.41) is 15.9. The number of aliphatic hydroxyl groups excluding tert-OH is 1. The predicted octanol–water partition coefficient (Wildman–Crippen LogP) is 5.62. The molecule has 2 nitrogen and oxygen atoms in total. The van der Waals surface area contributed by atoms with E-state index < -0.39 is 6.29 Å². The normalized spacial score (nSPS) is 35.1. The van der Waals surface area contributed by atoms with Gasteiger partial charge in [0.05, 0.1) is 0 Å². The van der Waals surface area contributed by atoms with Gasteiger partial charge in [-0.1, -0.05) is 55.5 Å². The lowest BCUT2D eigenvalue weighted by Gasteiger charge is -2.41. The van der Waals surface area contributed by atoms with Crippen LogP contribution in [0, 0.1) is 17.8 Å². The van der Waals surface area contributed by atoms with Crippen molar-refractivity contribution in [1.82, 2.24) is 0 Å². The summed E-state index contributed by atoms with van der Waals surface area (Å²) in [6.45, 7) is 19.4. The number of aliphatic hydroxyl groups is 2. The molecular weight excluding hydrogens is 303 g/mol. The molecule has 0 bridgehead atoms. The minimum absolute atomic E-state index is 0.305. The molecular formula is C20H41O2P. The largest absolute Gasteiger partial charge is 0.368 e. The van der Waals surface area contributed by atoms with Gasteiger partial charge in [0.15, 0.2) is 0 Å². The first-order valence-electron chi connectivity index (χ1n) is 9.33. The molecule has 138 valence electrons. The molecule has 0 aromatic carbocycles. The van der Waals surface area contributed by atoms with Gasteiger partial charge in [-0.3, -0.25) is 0 Å². The lowest BCUT2D eigenvalue weighted by molar-refractivity contribution is -0.0228. The smallest absolute Gasteiger partial charge is 0.148 e. The second-order valence-electron chi connectivity index (χ2n) is 7.85. The van der Waals surface area contributed by atoms with Crippen LogP contribution in [0.3, 0.4) is 0 Å². The van der Waals surface area contributed by atoms with Crippen molar-refractivity contribution in [2.75, 3.05) is 6.16 Å². The van der Waals surface area contributed by atoms with E-state index in [1.165, 1.54) is 26.2 Å². The fourth-order valence-corrected chi connectivity index (χ4v) is 8.26. The van der Waals surface area contributed by atoms with E-state index in [2.05, 4.69) is 48.1 Å². The molecule has 23 heavy (non-hydrogen) atoms. The molecule has 2 saturated heterocycles.